The minimum Gasteiger partial charge on any atom is -0.390 e. The van der Waals surface area contributed by atoms with Gasteiger partial charge in [0.25, 0.3) is 0 Å². The highest BCUT2D eigenvalue weighted by molar-refractivity contribution is 5.09. The van der Waals surface area contributed by atoms with Gasteiger partial charge in [-0.25, -0.2) is 0 Å². The molecule has 0 amide bonds. The zero-order chi connectivity index (χ0) is 10.8. The predicted molar refractivity (Wildman–Crippen MR) is 56.5 cm³/mol. The molecule has 2 heteroatoms. The predicted octanol–water partition coefficient (Wildman–Crippen LogP) is 2.64. The van der Waals surface area contributed by atoms with E-state index in [-0.39, 0.29) is 11.8 Å². The summed E-state index contributed by atoms with van der Waals surface area (Å²) in [7, 11) is 0. The molecule has 0 heterocycles. The van der Waals surface area contributed by atoms with Crippen molar-refractivity contribution in [1.82, 2.24) is 0 Å². The number of allylic oxidation sites excluding steroid dienone is 2. The van der Waals surface area contributed by atoms with E-state index < -0.39 is 5.60 Å². The second-order valence-electron chi connectivity index (χ2n) is 4.76. The van der Waals surface area contributed by atoms with Crippen LogP contribution < -0.4 is 0 Å². The Morgan fingerprint density at radius 1 is 1.64 bits per heavy atom. The summed E-state index contributed by atoms with van der Waals surface area (Å²) in [6, 6.07) is 2.22. The number of rotatable bonds is 4. The molecule has 14 heavy (non-hydrogen) atoms. The molecule has 1 aliphatic rings. The summed E-state index contributed by atoms with van der Waals surface area (Å²) in [5.74, 6) is 0.301. The van der Waals surface area contributed by atoms with Crippen LogP contribution in [0.25, 0.3) is 0 Å². The molecule has 0 aromatic heterocycles. The average molecular weight is 193 g/mol. The summed E-state index contributed by atoms with van der Waals surface area (Å²) in [5.41, 5.74) is 0.639. The number of nitriles is 1. The molecule has 0 aliphatic heterocycles. The monoisotopic (exact) mass is 193 g/mol. The lowest BCUT2D eigenvalue weighted by molar-refractivity contribution is 0.0260. The third kappa shape index (κ3) is 2.85. The highest BCUT2D eigenvalue weighted by Gasteiger charge is 2.49. The fourth-order valence-electron chi connectivity index (χ4n) is 1.86. The van der Waals surface area contributed by atoms with E-state index in [1.165, 1.54) is 5.57 Å². The van der Waals surface area contributed by atoms with Gasteiger partial charge in [0.2, 0.25) is 0 Å². The van der Waals surface area contributed by atoms with Crippen LogP contribution in [0.2, 0.25) is 0 Å². The van der Waals surface area contributed by atoms with Crippen molar-refractivity contribution in [2.24, 2.45) is 11.8 Å². The summed E-state index contributed by atoms with van der Waals surface area (Å²) in [6.45, 7) is 5.97. The van der Waals surface area contributed by atoms with E-state index in [9.17, 15) is 5.11 Å². The van der Waals surface area contributed by atoms with Crippen LogP contribution >= 0.6 is 0 Å². The summed E-state index contributed by atoms with van der Waals surface area (Å²) >= 11 is 0. The summed E-state index contributed by atoms with van der Waals surface area (Å²) in [4.78, 5) is 0. The average Bonchev–Trinajstić information content (AvgIpc) is 2.81. The Balaban J connectivity index is 2.37. The molecule has 0 aromatic carbocycles. The van der Waals surface area contributed by atoms with Gasteiger partial charge >= 0.3 is 0 Å². The van der Waals surface area contributed by atoms with Crippen LogP contribution in [0, 0.1) is 23.2 Å². The molecule has 3 atom stereocenters. The lowest BCUT2D eigenvalue weighted by Crippen LogP contribution is -2.27. The van der Waals surface area contributed by atoms with Crippen LogP contribution in [-0.4, -0.2) is 10.7 Å². The van der Waals surface area contributed by atoms with Gasteiger partial charge in [-0.2, -0.15) is 5.26 Å². The van der Waals surface area contributed by atoms with Gasteiger partial charge in [-0.3, -0.25) is 0 Å². The molecule has 1 aliphatic carbocycles. The number of aliphatic hydroxyl groups is 1. The van der Waals surface area contributed by atoms with E-state index in [2.05, 4.69) is 26.0 Å². The Hall–Kier alpha value is -0.810. The smallest absolute Gasteiger partial charge is 0.0663 e. The van der Waals surface area contributed by atoms with Gasteiger partial charge in [0.15, 0.2) is 0 Å². The van der Waals surface area contributed by atoms with Crippen LogP contribution in [0.15, 0.2) is 11.6 Å². The molecule has 1 N–H and O–H groups in total. The van der Waals surface area contributed by atoms with Crippen LogP contribution in [0.4, 0.5) is 0 Å². The van der Waals surface area contributed by atoms with Gasteiger partial charge in [0.1, 0.15) is 0 Å². The Labute approximate surface area is 86.2 Å². The fourth-order valence-corrected chi connectivity index (χ4v) is 1.86. The first-order valence-corrected chi connectivity index (χ1v) is 5.22. The Morgan fingerprint density at radius 3 is 2.71 bits per heavy atom. The second-order valence-corrected chi connectivity index (χ2v) is 4.76. The molecular formula is C12H19NO. The van der Waals surface area contributed by atoms with Crippen molar-refractivity contribution in [3.8, 4) is 6.07 Å². The van der Waals surface area contributed by atoms with E-state index in [1.54, 1.807) is 0 Å². The number of nitrogens with zero attached hydrogens (tertiary/aromatic N) is 1. The number of hydrogen-bond donors (Lipinski definition) is 1. The molecule has 0 spiro atoms. The maximum absolute atomic E-state index is 10.1. The highest BCUT2D eigenvalue weighted by Crippen LogP contribution is 2.47. The topological polar surface area (TPSA) is 44.0 Å². The molecule has 0 bridgehead atoms. The van der Waals surface area contributed by atoms with Gasteiger partial charge in [-0.05, 0) is 40.0 Å². The normalized spacial score (nSPS) is 28.8. The van der Waals surface area contributed by atoms with Crippen molar-refractivity contribution >= 4 is 0 Å². The van der Waals surface area contributed by atoms with Crippen LogP contribution in [0.3, 0.4) is 0 Å². The van der Waals surface area contributed by atoms with Crippen LogP contribution in [0.5, 0.6) is 0 Å². The Morgan fingerprint density at radius 2 is 2.29 bits per heavy atom. The zero-order valence-electron chi connectivity index (χ0n) is 9.25. The molecule has 0 saturated heterocycles. The molecule has 0 radical (unpaired) electrons. The Kier molecular flexibility index (Phi) is 3.34. The SMILES string of the molecule is CC(C)=CCCC(C)(O)C1CC1C#N. The molecule has 0 aromatic rings. The maximum Gasteiger partial charge on any atom is 0.0663 e. The minimum atomic E-state index is -0.646. The van der Waals surface area contributed by atoms with Gasteiger partial charge in [0.05, 0.1) is 17.6 Å². The molecule has 3 unspecified atom stereocenters. The van der Waals surface area contributed by atoms with Gasteiger partial charge in [0, 0.05) is 5.92 Å². The standard InChI is InChI=1S/C12H19NO/c1-9(2)5-4-6-12(3,14)11-7-10(11)8-13/h5,10-11,14H,4,6-7H2,1-3H3. The van der Waals surface area contributed by atoms with Crippen LogP contribution in [0.1, 0.15) is 40.0 Å². The van der Waals surface area contributed by atoms with Crippen molar-refractivity contribution < 1.29 is 5.11 Å². The van der Waals surface area contributed by atoms with Gasteiger partial charge in [-0.15, -0.1) is 0 Å². The van der Waals surface area contributed by atoms with E-state index in [0.29, 0.717) is 0 Å². The molecular weight excluding hydrogens is 174 g/mol. The first-order chi connectivity index (χ1) is 6.47. The maximum atomic E-state index is 10.1. The van der Waals surface area contributed by atoms with Crippen molar-refractivity contribution in [3.05, 3.63) is 11.6 Å². The third-order valence-electron chi connectivity index (χ3n) is 2.96. The van der Waals surface area contributed by atoms with Crippen molar-refractivity contribution in [2.45, 2.75) is 45.6 Å². The second kappa shape index (κ2) is 4.14. The van der Waals surface area contributed by atoms with Crippen LogP contribution in [-0.2, 0) is 0 Å². The highest BCUT2D eigenvalue weighted by atomic mass is 16.3. The lowest BCUT2D eigenvalue weighted by atomic mass is 9.93. The van der Waals surface area contributed by atoms with Gasteiger partial charge in [-0.1, -0.05) is 11.6 Å². The molecule has 1 saturated carbocycles. The number of hydrogen-bond acceptors (Lipinski definition) is 2. The minimum absolute atomic E-state index is 0.0942. The van der Waals surface area contributed by atoms with E-state index in [1.807, 2.05) is 6.92 Å². The van der Waals surface area contributed by atoms with Crippen molar-refractivity contribution in [1.29, 1.82) is 5.26 Å². The first kappa shape index (κ1) is 11.3. The molecule has 2 nitrogen and oxygen atoms in total. The largest absolute Gasteiger partial charge is 0.390 e. The van der Waals surface area contributed by atoms with E-state index in [0.717, 1.165) is 19.3 Å². The van der Waals surface area contributed by atoms with Crippen molar-refractivity contribution in [2.75, 3.05) is 0 Å². The Bertz CT molecular complexity index is 269. The molecule has 1 rings (SSSR count). The molecule has 1 fully saturated rings. The fraction of sp³-hybridized carbons (Fsp3) is 0.750. The zero-order valence-corrected chi connectivity index (χ0v) is 9.25. The third-order valence-corrected chi connectivity index (χ3v) is 2.96. The van der Waals surface area contributed by atoms with Gasteiger partial charge < -0.3 is 5.11 Å². The van der Waals surface area contributed by atoms with E-state index in [4.69, 9.17) is 5.26 Å². The van der Waals surface area contributed by atoms with E-state index >= 15 is 0 Å². The lowest BCUT2D eigenvalue weighted by Gasteiger charge is -2.22. The van der Waals surface area contributed by atoms with Crippen molar-refractivity contribution in [3.63, 3.8) is 0 Å². The quantitative estimate of drug-likeness (QED) is 0.697. The molecule has 78 valence electrons. The summed E-state index contributed by atoms with van der Waals surface area (Å²) in [6.07, 6.45) is 4.68. The first-order valence-electron chi connectivity index (χ1n) is 5.22. The summed E-state index contributed by atoms with van der Waals surface area (Å²) < 4.78 is 0. The summed E-state index contributed by atoms with van der Waals surface area (Å²) in [5, 5.41) is 18.8.